The fourth-order valence-corrected chi connectivity index (χ4v) is 3.38. The van der Waals surface area contributed by atoms with E-state index in [0.29, 0.717) is 18.3 Å². The average molecular weight is 377 g/mol. The van der Waals surface area contributed by atoms with Crippen molar-refractivity contribution in [2.24, 2.45) is 5.92 Å². The van der Waals surface area contributed by atoms with Crippen LogP contribution in [-0.2, 0) is 17.8 Å². The second-order valence-corrected chi connectivity index (χ2v) is 6.86. The lowest BCUT2D eigenvalue weighted by atomic mass is 9.97. The minimum absolute atomic E-state index is 0.00407. The summed E-state index contributed by atoms with van der Waals surface area (Å²) in [5.41, 5.74) is 1.02. The van der Waals surface area contributed by atoms with Crippen LogP contribution in [0.25, 0.3) is 0 Å². The van der Waals surface area contributed by atoms with Crippen molar-refractivity contribution in [3.63, 3.8) is 0 Å². The van der Waals surface area contributed by atoms with Crippen LogP contribution in [0.2, 0.25) is 0 Å². The number of aryl methyl sites for hydroxylation is 2. The normalized spacial score (nSPS) is 16.7. The molecule has 0 spiro atoms. The summed E-state index contributed by atoms with van der Waals surface area (Å²) in [4.78, 5) is 27.7. The number of amides is 1. The predicted octanol–water partition coefficient (Wildman–Crippen LogP) is 2.17. The van der Waals surface area contributed by atoms with Crippen molar-refractivity contribution in [1.29, 1.82) is 0 Å². The van der Waals surface area contributed by atoms with Gasteiger partial charge in [0.25, 0.3) is 0 Å². The number of nitrogens with one attached hydrogen (secondary N) is 1. The highest BCUT2D eigenvalue weighted by molar-refractivity contribution is 5.92. The second kappa shape index (κ2) is 8.60. The van der Waals surface area contributed by atoms with Gasteiger partial charge >= 0.3 is 0 Å². The van der Waals surface area contributed by atoms with Gasteiger partial charge in [0, 0.05) is 62.6 Å². The first kappa shape index (κ1) is 18.1. The SMILES string of the molecule is O=C(Nc1ccn(CCc2ccccn2)n1)[C@H]1CCCN(c2ncccn2)C1. The fraction of sp³-hybridized carbons (Fsp3) is 0.350. The van der Waals surface area contributed by atoms with Crippen LogP contribution >= 0.6 is 0 Å². The maximum absolute atomic E-state index is 12.7. The summed E-state index contributed by atoms with van der Waals surface area (Å²) >= 11 is 0. The molecule has 28 heavy (non-hydrogen) atoms. The molecule has 0 unspecified atom stereocenters. The lowest BCUT2D eigenvalue weighted by molar-refractivity contribution is -0.120. The third-order valence-electron chi connectivity index (χ3n) is 4.84. The molecule has 144 valence electrons. The molecule has 1 aliphatic rings. The van der Waals surface area contributed by atoms with Crippen molar-refractivity contribution in [1.82, 2.24) is 24.7 Å². The van der Waals surface area contributed by atoms with E-state index in [9.17, 15) is 4.79 Å². The number of piperidine rings is 1. The van der Waals surface area contributed by atoms with Gasteiger partial charge in [-0.2, -0.15) is 5.10 Å². The molecule has 0 aliphatic carbocycles. The first-order chi connectivity index (χ1) is 13.8. The Morgan fingerprint density at radius 1 is 1.11 bits per heavy atom. The molecule has 4 rings (SSSR count). The number of hydrogen-bond donors (Lipinski definition) is 1. The summed E-state index contributed by atoms with van der Waals surface area (Å²) < 4.78 is 1.83. The minimum Gasteiger partial charge on any atom is -0.340 e. The van der Waals surface area contributed by atoms with E-state index in [1.807, 2.05) is 35.1 Å². The molecule has 1 amide bonds. The van der Waals surface area contributed by atoms with Crippen LogP contribution in [0.4, 0.5) is 11.8 Å². The Bertz CT molecular complexity index is 897. The number of aromatic nitrogens is 5. The van der Waals surface area contributed by atoms with Crippen molar-refractivity contribution in [3.8, 4) is 0 Å². The Labute approximate surface area is 163 Å². The Balaban J connectivity index is 1.31. The summed E-state index contributed by atoms with van der Waals surface area (Å²) in [5, 5.41) is 7.40. The van der Waals surface area contributed by atoms with E-state index in [1.165, 1.54) is 0 Å². The van der Waals surface area contributed by atoms with Crippen LogP contribution in [-0.4, -0.2) is 43.7 Å². The standard InChI is InChI=1S/C20H23N7O/c28-19(16-5-3-12-26(15-16)20-22-10-4-11-23-20)24-18-8-14-27(25-18)13-7-17-6-1-2-9-21-17/h1-2,4,6,8-11,14,16H,3,5,7,12-13,15H2,(H,24,25,28)/t16-/m0/s1. The van der Waals surface area contributed by atoms with Gasteiger partial charge in [-0.25, -0.2) is 9.97 Å². The maximum Gasteiger partial charge on any atom is 0.230 e. The van der Waals surface area contributed by atoms with Gasteiger partial charge in [-0.1, -0.05) is 6.07 Å². The molecule has 1 fully saturated rings. The van der Waals surface area contributed by atoms with E-state index < -0.39 is 0 Å². The van der Waals surface area contributed by atoms with Gasteiger partial charge in [0.05, 0.1) is 5.92 Å². The molecule has 3 aromatic rings. The van der Waals surface area contributed by atoms with Crippen LogP contribution in [0.15, 0.2) is 55.1 Å². The molecular formula is C20H23N7O. The number of rotatable bonds is 6. The Kier molecular flexibility index (Phi) is 5.56. The third kappa shape index (κ3) is 4.51. The molecule has 0 radical (unpaired) electrons. The Hall–Kier alpha value is -3.29. The molecule has 0 bridgehead atoms. The molecule has 0 aromatic carbocycles. The summed E-state index contributed by atoms with van der Waals surface area (Å²) in [5.74, 6) is 1.16. The van der Waals surface area contributed by atoms with Gasteiger partial charge in [-0.05, 0) is 31.0 Å². The molecule has 8 nitrogen and oxygen atoms in total. The van der Waals surface area contributed by atoms with Crippen LogP contribution in [0.1, 0.15) is 18.5 Å². The van der Waals surface area contributed by atoms with Crippen LogP contribution < -0.4 is 10.2 Å². The Morgan fingerprint density at radius 3 is 2.79 bits per heavy atom. The molecule has 1 saturated heterocycles. The molecular weight excluding hydrogens is 354 g/mol. The van der Waals surface area contributed by atoms with E-state index in [2.05, 4.69) is 30.3 Å². The van der Waals surface area contributed by atoms with Crippen molar-refractivity contribution in [3.05, 3.63) is 60.8 Å². The van der Waals surface area contributed by atoms with Gasteiger partial charge in [0.1, 0.15) is 0 Å². The summed E-state index contributed by atoms with van der Waals surface area (Å²) in [7, 11) is 0. The highest BCUT2D eigenvalue weighted by Gasteiger charge is 2.27. The third-order valence-corrected chi connectivity index (χ3v) is 4.84. The summed E-state index contributed by atoms with van der Waals surface area (Å²) in [6.07, 6.45) is 9.71. The largest absolute Gasteiger partial charge is 0.340 e. The molecule has 0 saturated carbocycles. The van der Waals surface area contributed by atoms with Gasteiger partial charge in [-0.3, -0.25) is 14.5 Å². The van der Waals surface area contributed by atoms with E-state index in [4.69, 9.17) is 0 Å². The predicted molar refractivity (Wildman–Crippen MR) is 106 cm³/mol. The van der Waals surface area contributed by atoms with Gasteiger partial charge in [0.15, 0.2) is 5.82 Å². The van der Waals surface area contributed by atoms with E-state index in [-0.39, 0.29) is 11.8 Å². The zero-order valence-electron chi connectivity index (χ0n) is 15.6. The van der Waals surface area contributed by atoms with Gasteiger partial charge in [0.2, 0.25) is 11.9 Å². The number of pyridine rings is 1. The lowest BCUT2D eigenvalue weighted by Gasteiger charge is -2.31. The second-order valence-electron chi connectivity index (χ2n) is 6.86. The highest BCUT2D eigenvalue weighted by Crippen LogP contribution is 2.21. The number of anilines is 2. The minimum atomic E-state index is -0.101. The Morgan fingerprint density at radius 2 is 1.96 bits per heavy atom. The smallest absolute Gasteiger partial charge is 0.230 e. The van der Waals surface area contributed by atoms with Gasteiger partial charge < -0.3 is 10.2 Å². The zero-order chi connectivity index (χ0) is 19.2. The van der Waals surface area contributed by atoms with E-state index in [1.54, 1.807) is 24.7 Å². The summed E-state index contributed by atoms with van der Waals surface area (Å²) in [6.45, 7) is 2.21. The van der Waals surface area contributed by atoms with Crippen LogP contribution in [0, 0.1) is 5.92 Å². The number of hydrogen-bond acceptors (Lipinski definition) is 6. The number of carbonyl (C=O) groups excluding carboxylic acids is 1. The summed E-state index contributed by atoms with van der Waals surface area (Å²) in [6, 6.07) is 9.50. The van der Waals surface area contributed by atoms with Crippen molar-refractivity contribution in [2.45, 2.75) is 25.8 Å². The van der Waals surface area contributed by atoms with E-state index in [0.717, 1.165) is 38.0 Å². The first-order valence-electron chi connectivity index (χ1n) is 9.54. The average Bonchev–Trinajstić information content (AvgIpc) is 3.21. The van der Waals surface area contributed by atoms with Gasteiger partial charge in [-0.15, -0.1) is 0 Å². The van der Waals surface area contributed by atoms with Crippen molar-refractivity contribution in [2.75, 3.05) is 23.3 Å². The van der Waals surface area contributed by atoms with E-state index >= 15 is 0 Å². The molecule has 3 aromatic heterocycles. The van der Waals surface area contributed by atoms with Crippen LogP contribution in [0.3, 0.4) is 0 Å². The lowest BCUT2D eigenvalue weighted by Crippen LogP contribution is -2.41. The molecule has 1 N–H and O–H groups in total. The molecule has 1 atom stereocenters. The van der Waals surface area contributed by atoms with Crippen LogP contribution in [0.5, 0.6) is 0 Å². The highest BCUT2D eigenvalue weighted by atomic mass is 16.2. The quantitative estimate of drug-likeness (QED) is 0.708. The number of carbonyl (C=O) groups is 1. The molecule has 8 heteroatoms. The molecule has 4 heterocycles. The van der Waals surface area contributed by atoms with Crippen molar-refractivity contribution < 1.29 is 4.79 Å². The number of nitrogens with zero attached hydrogens (tertiary/aromatic N) is 6. The first-order valence-corrected chi connectivity index (χ1v) is 9.54. The molecule has 1 aliphatic heterocycles. The van der Waals surface area contributed by atoms with Crippen molar-refractivity contribution >= 4 is 17.7 Å². The topological polar surface area (TPSA) is 88.8 Å². The zero-order valence-corrected chi connectivity index (χ0v) is 15.6. The maximum atomic E-state index is 12.7. The monoisotopic (exact) mass is 377 g/mol. The fourth-order valence-electron chi connectivity index (χ4n) is 3.38.